The standard InChI is InChI=1S/C12H14N2O2/c1-9-5-3-4-6-10(9)14-8-11(15)13(2)7-12(14)16/h3-6H,7-8H2,1-2H3. The van der Waals surface area contributed by atoms with Crippen molar-refractivity contribution in [2.45, 2.75) is 6.92 Å². The first-order chi connectivity index (χ1) is 7.59. The van der Waals surface area contributed by atoms with Crippen LogP contribution in [0.5, 0.6) is 0 Å². The Morgan fingerprint density at radius 2 is 1.75 bits per heavy atom. The lowest BCUT2D eigenvalue weighted by molar-refractivity contribution is -0.136. The highest BCUT2D eigenvalue weighted by Crippen LogP contribution is 2.21. The van der Waals surface area contributed by atoms with Gasteiger partial charge in [-0.1, -0.05) is 18.2 Å². The molecule has 1 aliphatic heterocycles. The second kappa shape index (κ2) is 3.96. The molecule has 2 amide bonds. The summed E-state index contributed by atoms with van der Waals surface area (Å²) in [4.78, 5) is 26.4. The number of anilines is 1. The first kappa shape index (κ1) is 10.7. The van der Waals surface area contributed by atoms with Crippen LogP contribution in [0, 0.1) is 6.92 Å². The lowest BCUT2D eigenvalue weighted by atomic mass is 10.1. The zero-order valence-electron chi connectivity index (χ0n) is 9.43. The van der Waals surface area contributed by atoms with Crippen molar-refractivity contribution < 1.29 is 9.59 Å². The van der Waals surface area contributed by atoms with E-state index in [0.29, 0.717) is 0 Å². The van der Waals surface area contributed by atoms with E-state index in [2.05, 4.69) is 0 Å². The number of rotatable bonds is 1. The molecular weight excluding hydrogens is 204 g/mol. The number of amides is 2. The normalized spacial score (nSPS) is 16.9. The van der Waals surface area contributed by atoms with Gasteiger partial charge >= 0.3 is 0 Å². The fraction of sp³-hybridized carbons (Fsp3) is 0.333. The Morgan fingerprint density at radius 3 is 2.44 bits per heavy atom. The van der Waals surface area contributed by atoms with Crippen LogP contribution in [-0.4, -0.2) is 36.9 Å². The van der Waals surface area contributed by atoms with Crippen LogP contribution in [-0.2, 0) is 9.59 Å². The van der Waals surface area contributed by atoms with Gasteiger partial charge in [0, 0.05) is 12.7 Å². The predicted octanol–water partition coefficient (Wildman–Crippen LogP) is 0.800. The first-order valence-corrected chi connectivity index (χ1v) is 5.19. The Morgan fingerprint density at radius 1 is 1.06 bits per heavy atom. The van der Waals surface area contributed by atoms with Crippen LogP contribution < -0.4 is 4.90 Å². The highest BCUT2D eigenvalue weighted by Gasteiger charge is 2.28. The van der Waals surface area contributed by atoms with Crippen LogP contribution in [0.4, 0.5) is 5.69 Å². The number of hydrogen-bond acceptors (Lipinski definition) is 2. The molecule has 0 aliphatic carbocycles. The minimum Gasteiger partial charge on any atom is -0.335 e. The van der Waals surface area contributed by atoms with Crippen molar-refractivity contribution in [3.8, 4) is 0 Å². The molecule has 1 saturated heterocycles. The number of likely N-dealkylation sites (N-methyl/N-ethyl adjacent to an activating group) is 1. The predicted molar refractivity (Wildman–Crippen MR) is 61.2 cm³/mol. The lowest BCUT2D eigenvalue weighted by Crippen LogP contribution is -2.52. The molecule has 1 heterocycles. The highest BCUT2D eigenvalue weighted by atomic mass is 16.2. The number of hydrogen-bond donors (Lipinski definition) is 0. The summed E-state index contributed by atoms with van der Waals surface area (Å²) in [6, 6.07) is 7.59. The van der Waals surface area contributed by atoms with Gasteiger partial charge in [0.15, 0.2) is 0 Å². The Bertz CT molecular complexity index is 442. The average molecular weight is 218 g/mol. The van der Waals surface area contributed by atoms with E-state index in [1.54, 1.807) is 11.9 Å². The molecule has 0 spiro atoms. The van der Waals surface area contributed by atoms with Crippen LogP contribution in [0.3, 0.4) is 0 Å². The summed E-state index contributed by atoms with van der Waals surface area (Å²) in [6.45, 7) is 2.23. The molecule has 0 N–H and O–H groups in total. The van der Waals surface area contributed by atoms with Crippen LogP contribution in [0.2, 0.25) is 0 Å². The summed E-state index contributed by atoms with van der Waals surface area (Å²) in [5, 5.41) is 0. The minimum atomic E-state index is -0.0311. The third-order valence-corrected chi connectivity index (χ3v) is 2.80. The molecular formula is C12H14N2O2. The van der Waals surface area contributed by atoms with Crippen LogP contribution in [0.1, 0.15) is 5.56 Å². The van der Waals surface area contributed by atoms with Crippen molar-refractivity contribution >= 4 is 17.5 Å². The molecule has 1 aromatic carbocycles. The molecule has 0 unspecified atom stereocenters. The minimum absolute atomic E-state index is 0.0251. The summed E-state index contributed by atoms with van der Waals surface area (Å²) < 4.78 is 0. The number of piperazine rings is 1. The van der Waals surface area contributed by atoms with Gasteiger partial charge in [0.25, 0.3) is 0 Å². The fourth-order valence-electron chi connectivity index (χ4n) is 1.81. The molecule has 4 heteroatoms. The zero-order chi connectivity index (χ0) is 11.7. The van der Waals surface area contributed by atoms with Crippen molar-refractivity contribution in [1.82, 2.24) is 4.90 Å². The van der Waals surface area contributed by atoms with E-state index in [9.17, 15) is 9.59 Å². The van der Waals surface area contributed by atoms with Gasteiger partial charge in [-0.2, -0.15) is 0 Å². The fourth-order valence-corrected chi connectivity index (χ4v) is 1.81. The van der Waals surface area contributed by atoms with Gasteiger partial charge in [-0.25, -0.2) is 0 Å². The van der Waals surface area contributed by atoms with Crippen molar-refractivity contribution in [3.63, 3.8) is 0 Å². The monoisotopic (exact) mass is 218 g/mol. The van der Waals surface area contributed by atoms with Crippen molar-refractivity contribution in [3.05, 3.63) is 29.8 Å². The van der Waals surface area contributed by atoms with E-state index in [1.165, 1.54) is 4.90 Å². The van der Waals surface area contributed by atoms with Crippen molar-refractivity contribution in [2.75, 3.05) is 25.0 Å². The van der Waals surface area contributed by atoms with Gasteiger partial charge in [0.2, 0.25) is 11.8 Å². The molecule has 0 aromatic heterocycles. The third kappa shape index (κ3) is 1.78. The molecule has 0 saturated carbocycles. The SMILES string of the molecule is Cc1ccccc1N1CC(=O)N(C)CC1=O. The molecule has 1 fully saturated rings. The Labute approximate surface area is 94.5 Å². The largest absolute Gasteiger partial charge is 0.335 e. The van der Waals surface area contributed by atoms with E-state index < -0.39 is 0 Å². The van der Waals surface area contributed by atoms with Crippen LogP contribution >= 0.6 is 0 Å². The molecule has 0 radical (unpaired) electrons. The maximum absolute atomic E-state index is 11.8. The van der Waals surface area contributed by atoms with Gasteiger partial charge < -0.3 is 9.80 Å². The smallest absolute Gasteiger partial charge is 0.247 e. The second-order valence-corrected chi connectivity index (χ2v) is 4.02. The number of benzene rings is 1. The van der Waals surface area contributed by atoms with Crippen molar-refractivity contribution in [1.29, 1.82) is 0 Å². The summed E-state index contributed by atoms with van der Waals surface area (Å²) in [7, 11) is 1.65. The van der Waals surface area contributed by atoms with E-state index in [4.69, 9.17) is 0 Å². The molecule has 0 atom stereocenters. The molecule has 1 aromatic rings. The van der Waals surface area contributed by atoms with Gasteiger partial charge in [-0.15, -0.1) is 0 Å². The molecule has 0 bridgehead atoms. The van der Waals surface area contributed by atoms with Crippen LogP contribution in [0.15, 0.2) is 24.3 Å². The van der Waals surface area contributed by atoms with E-state index in [0.717, 1.165) is 11.3 Å². The number of carbonyl (C=O) groups is 2. The molecule has 2 rings (SSSR count). The maximum atomic E-state index is 11.8. The van der Waals surface area contributed by atoms with Gasteiger partial charge in [0.05, 0.1) is 6.54 Å². The number of carbonyl (C=O) groups excluding carboxylic acids is 2. The second-order valence-electron chi connectivity index (χ2n) is 4.02. The Kier molecular flexibility index (Phi) is 2.64. The van der Waals surface area contributed by atoms with Crippen LogP contribution in [0.25, 0.3) is 0 Å². The van der Waals surface area contributed by atoms with Gasteiger partial charge in [0.1, 0.15) is 6.54 Å². The Hall–Kier alpha value is -1.84. The lowest BCUT2D eigenvalue weighted by Gasteiger charge is -2.32. The molecule has 84 valence electrons. The molecule has 4 nitrogen and oxygen atoms in total. The number of nitrogens with zero attached hydrogens (tertiary/aromatic N) is 2. The summed E-state index contributed by atoms with van der Waals surface area (Å²) in [5.41, 5.74) is 1.84. The number of aryl methyl sites for hydroxylation is 1. The first-order valence-electron chi connectivity index (χ1n) is 5.19. The third-order valence-electron chi connectivity index (χ3n) is 2.80. The average Bonchev–Trinajstić information content (AvgIpc) is 2.25. The molecule has 1 aliphatic rings. The summed E-state index contributed by atoms with van der Waals surface area (Å²) >= 11 is 0. The number of para-hydroxylation sites is 1. The molecule has 16 heavy (non-hydrogen) atoms. The highest BCUT2D eigenvalue weighted by molar-refractivity contribution is 6.04. The van der Waals surface area contributed by atoms with E-state index >= 15 is 0 Å². The van der Waals surface area contributed by atoms with E-state index in [-0.39, 0.29) is 24.9 Å². The zero-order valence-corrected chi connectivity index (χ0v) is 9.43. The summed E-state index contributed by atoms with van der Waals surface area (Å²) in [6.07, 6.45) is 0. The quantitative estimate of drug-likeness (QED) is 0.699. The van der Waals surface area contributed by atoms with E-state index in [1.807, 2.05) is 31.2 Å². The van der Waals surface area contributed by atoms with Gasteiger partial charge in [-0.3, -0.25) is 9.59 Å². The topological polar surface area (TPSA) is 40.6 Å². The summed E-state index contributed by atoms with van der Waals surface area (Å²) in [5.74, 6) is -0.0562. The Balaban J connectivity index is 2.31. The van der Waals surface area contributed by atoms with Crippen molar-refractivity contribution in [2.24, 2.45) is 0 Å². The van der Waals surface area contributed by atoms with Gasteiger partial charge in [-0.05, 0) is 18.6 Å². The maximum Gasteiger partial charge on any atom is 0.247 e.